The number of carbonyl (C=O) groups excluding carboxylic acids is 1. The molecule has 0 aliphatic heterocycles. The van der Waals surface area contributed by atoms with Crippen LogP contribution >= 0.6 is 0 Å². The number of fused-ring (bicyclic) bond motifs is 1. The Labute approximate surface area is 139 Å². The molecule has 2 aromatic rings. The standard InChI is InChI=1S/C22H26O/c23-21-14-5-4-12-20(21)22(15-6-1-7-16-22)19-13-8-10-17-9-2-3-11-18(17)19/h2-3,8-11,13,20H,1,4-7,12,14-16H2. The molecule has 0 bridgehead atoms. The van der Waals surface area contributed by atoms with E-state index in [0.29, 0.717) is 5.78 Å². The van der Waals surface area contributed by atoms with Crippen molar-refractivity contribution in [2.75, 3.05) is 0 Å². The van der Waals surface area contributed by atoms with Crippen molar-refractivity contribution in [1.82, 2.24) is 0 Å². The zero-order chi connectivity index (χ0) is 15.7. The van der Waals surface area contributed by atoms with E-state index in [4.69, 9.17) is 0 Å². The summed E-state index contributed by atoms with van der Waals surface area (Å²) in [6.45, 7) is 0. The zero-order valence-corrected chi connectivity index (χ0v) is 13.9. The van der Waals surface area contributed by atoms with Crippen molar-refractivity contribution >= 4 is 16.6 Å². The minimum atomic E-state index is 0.0939. The van der Waals surface area contributed by atoms with Gasteiger partial charge in [0, 0.05) is 17.8 Å². The van der Waals surface area contributed by atoms with Gasteiger partial charge in [-0.15, -0.1) is 0 Å². The lowest BCUT2D eigenvalue weighted by Crippen LogP contribution is -2.43. The lowest BCUT2D eigenvalue weighted by atomic mass is 9.57. The number of hydrogen-bond donors (Lipinski definition) is 0. The van der Waals surface area contributed by atoms with Crippen LogP contribution in [0.1, 0.15) is 63.4 Å². The minimum absolute atomic E-state index is 0.0939. The molecule has 0 aromatic heterocycles. The molecule has 1 atom stereocenters. The van der Waals surface area contributed by atoms with E-state index in [1.807, 2.05) is 0 Å². The van der Waals surface area contributed by atoms with Gasteiger partial charge in [-0.1, -0.05) is 68.1 Å². The third kappa shape index (κ3) is 2.51. The largest absolute Gasteiger partial charge is 0.299 e. The van der Waals surface area contributed by atoms with Gasteiger partial charge < -0.3 is 0 Å². The highest BCUT2D eigenvalue weighted by atomic mass is 16.1. The van der Waals surface area contributed by atoms with Crippen LogP contribution in [0.25, 0.3) is 10.8 Å². The Kier molecular flexibility index (Phi) is 3.97. The van der Waals surface area contributed by atoms with Crippen LogP contribution in [0.2, 0.25) is 0 Å². The number of benzene rings is 2. The molecule has 23 heavy (non-hydrogen) atoms. The molecule has 0 spiro atoms. The molecule has 120 valence electrons. The topological polar surface area (TPSA) is 17.1 Å². The van der Waals surface area contributed by atoms with Crippen LogP contribution in [-0.2, 0) is 10.2 Å². The first-order valence-corrected chi connectivity index (χ1v) is 9.32. The fourth-order valence-corrected chi connectivity index (χ4v) is 5.22. The summed E-state index contributed by atoms with van der Waals surface area (Å²) in [5, 5.41) is 2.69. The predicted molar refractivity (Wildman–Crippen MR) is 95.7 cm³/mol. The van der Waals surface area contributed by atoms with Crippen LogP contribution in [0.5, 0.6) is 0 Å². The van der Waals surface area contributed by atoms with Crippen molar-refractivity contribution < 1.29 is 4.79 Å². The molecule has 1 unspecified atom stereocenters. The molecule has 0 saturated heterocycles. The summed E-state index contributed by atoms with van der Waals surface area (Å²) < 4.78 is 0. The van der Waals surface area contributed by atoms with Crippen molar-refractivity contribution in [3.63, 3.8) is 0 Å². The van der Waals surface area contributed by atoms with Crippen molar-refractivity contribution in [3.05, 3.63) is 48.0 Å². The summed E-state index contributed by atoms with van der Waals surface area (Å²) in [4.78, 5) is 12.8. The molecule has 0 radical (unpaired) electrons. The normalized spacial score (nSPS) is 24.7. The van der Waals surface area contributed by atoms with Crippen LogP contribution in [0.4, 0.5) is 0 Å². The van der Waals surface area contributed by atoms with Gasteiger partial charge in [0.25, 0.3) is 0 Å². The summed E-state index contributed by atoms with van der Waals surface area (Å²) in [5.74, 6) is 0.786. The molecule has 0 amide bonds. The van der Waals surface area contributed by atoms with Crippen molar-refractivity contribution in [1.29, 1.82) is 0 Å². The van der Waals surface area contributed by atoms with Gasteiger partial charge in [0.05, 0.1) is 0 Å². The van der Waals surface area contributed by atoms with Crippen LogP contribution in [0.3, 0.4) is 0 Å². The van der Waals surface area contributed by atoms with Crippen LogP contribution in [-0.4, -0.2) is 5.78 Å². The maximum Gasteiger partial charge on any atom is 0.136 e. The summed E-state index contributed by atoms with van der Waals surface area (Å²) >= 11 is 0. The monoisotopic (exact) mass is 306 g/mol. The summed E-state index contributed by atoms with van der Waals surface area (Å²) in [5.41, 5.74) is 1.55. The van der Waals surface area contributed by atoms with Crippen LogP contribution < -0.4 is 0 Å². The first-order chi connectivity index (χ1) is 11.3. The van der Waals surface area contributed by atoms with E-state index in [0.717, 1.165) is 19.3 Å². The SMILES string of the molecule is O=C1CCCCC1C1(c2cccc3ccccc23)CCCCC1. The van der Waals surface area contributed by atoms with Gasteiger partial charge in [-0.25, -0.2) is 0 Å². The lowest BCUT2D eigenvalue weighted by Gasteiger charge is -2.45. The van der Waals surface area contributed by atoms with E-state index >= 15 is 0 Å². The Hall–Kier alpha value is -1.63. The van der Waals surface area contributed by atoms with Gasteiger partial charge in [0.1, 0.15) is 5.78 Å². The summed E-state index contributed by atoms with van der Waals surface area (Å²) in [6, 6.07) is 15.4. The summed E-state index contributed by atoms with van der Waals surface area (Å²) in [7, 11) is 0. The van der Waals surface area contributed by atoms with Gasteiger partial charge in [-0.2, -0.15) is 0 Å². The Morgan fingerprint density at radius 3 is 2.43 bits per heavy atom. The third-order valence-electron chi connectivity index (χ3n) is 6.29. The van der Waals surface area contributed by atoms with Crippen molar-refractivity contribution in [2.45, 2.75) is 63.2 Å². The minimum Gasteiger partial charge on any atom is -0.299 e. The quantitative estimate of drug-likeness (QED) is 0.685. The molecular weight excluding hydrogens is 280 g/mol. The van der Waals surface area contributed by atoms with Gasteiger partial charge in [-0.05, 0) is 42.0 Å². The maximum absolute atomic E-state index is 12.8. The average molecular weight is 306 g/mol. The number of ketones is 1. The van der Waals surface area contributed by atoms with Gasteiger partial charge in [-0.3, -0.25) is 4.79 Å². The lowest BCUT2D eigenvalue weighted by molar-refractivity contribution is -0.127. The summed E-state index contributed by atoms with van der Waals surface area (Å²) in [6.07, 6.45) is 10.5. The molecule has 4 rings (SSSR count). The Balaban J connectivity index is 1.89. The first kappa shape index (κ1) is 14.9. The van der Waals surface area contributed by atoms with Gasteiger partial charge >= 0.3 is 0 Å². The highest BCUT2D eigenvalue weighted by Crippen LogP contribution is 2.50. The van der Waals surface area contributed by atoms with E-state index in [-0.39, 0.29) is 11.3 Å². The number of Topliss-reactive ketones (excluding diaryl/α,β-unsaturated/α-hetero) is 1. The Morgan fingerprint density at radius 2 is 1.61 bits per heavy atom. The fourth-order valence-electron chi connectivity index (χ4n) is 5.22. The van der Waals surface area contributed by atoms with Crippen molar-refractivity contribution in [2.24, 2.45) is 5.92 Å². The highest BCUT2D eigenvalue weighted by molar-refractivity contribution is 5.89. The molecule has 2 fully saturated rings. The van der Waals surface area contributed by atoms with Crippen LogP contribution in [0.15, 0.2) is 42.5 Å². The molecule has 2 aromatic carbocycles. The van der Waals surface area contributed by atoms with Gasteiger partial charge in [0.2, 0.25) is 0 Å². The van der Waals surface area contributed by atoms with Crippen molar-refractivity contribution in [3.8, 4) is 0 Å². The van der Waals surface area contributed by atoms with E-state index in [1.165, 1.54) is 54.9 Å². The molecule has 1 nitrogen and oxygen atoms in total. The molecule has 2 aliphatic rings. The Bertz CT molecular complexity index is 703. The second-order valence-electron chi connectivity index (χ2n) is 7.51. The van der Waals surface area contributed by atoms with E-state index < -0.39 is 0 Å². The van der Waals surface area contributed by atoms with E-state index in [2.05, 4.69) is 42.5 Å². The van der Waals surface area contributed by atoms with Gasteiger partial charge in [0.15, 0.2) is 0 Å². The number of carbonyl (C=O) groups is 1. The zero-order valence-electron chi connectivity index (χ0n) is 13.9. The molecule has 0 heterocycles. The number of rotatable bonds is 2. The van der Waals surface area contributed by atoms with Crippen LogP contribution in [0, 0.1) is 5.92 Å². The Morgan fingerprint density at radius 1 is 0.826 bits per heavy atom. The smallest absolute Gasteiger partial charge is 0.136 e. The maximum atomic E-state index is 12.8. The average Bonchev–Trinajstić information content (AvgIpc) is 2.62. The highest BCUT2D eigenvalue weighted by Gasteiger charge is 2.45. The molecule has 2 saturated carbocycles. The number of hydrogen-bond acceptors (Lipinski definition) is 1. The molecule has 2 aliphatic carbocycles. The third-order valence-corrected chi connectivity index (χ3v) is 6.29. The van der Waals surface area contributed by atoms with E-state index in [1.54, 1.807) is 0 Å². The predicted octanol–water partition coefficient (Wildman–Crippen LogP) is 5.80. The second-order valence-corrected chi connectivity index (χ2v) is 7.51. The fraction of sp³-hybridized carbons (Fsp3) is 0.500. The van der Waals surface area contributed by atoms with E-state index in [9.17, 15) is 4.79 Å². The molecular formula is C22H26O. The molecule has 1 heteroatoms. The molecule has 0 N–H and O–H groups in total. The first-order valence-electron chi connectivity index (χ1n) is 9.32. The second kappa shape index (κ2) is 6.11.